The van der Waals surface area contributed by atoms with E-state index in [0.717, 1.165) is 17.0 Å². The molecule has 3 aromatic carbocycles. The number of hydrogen-bond acceptors (Lipinski definition) is 5. The summed E-state index contributed by atoms with van der Waals surface area (Å²) in [7, 11) is 1.57. The number of halogens is 1. The molecule has 1 aromatic heterocycles. The van der Waals surface area contributed by atoms with E-state index < -0.39 is 5.91 Å². The number of methoxy groups -OCH3 is 1. The first-order chi connectivity index (χ1) is 15.6. The van der Waals surface area contributed by atoms with Crippen molar-refractivity contribution in [1.82, 2.24) is 14.8 Å². The largest absolute Gasteiger partial charge is 0.497 e. The smallest absolute Gasteiger partial charge is 0.295 e. The van der Waals surface area contributed by atoms with Crippen LogP contribution in [0, 0.1) is 0 Å². The third kappa shape index (κ3) is 4.73. The second-order valence-electron chi connectivity index (χ2n) is 6.79. The number of hydrogen-bond donors (Lipinski definition) is 1. The summed E-state index contributed by atoms with van der Waals surface area (Å²) in [4.78, 5) is 17.4. The van der Waals surface area contributed by atoms with Crippen molar-refractivity contribution in [3.05, 3.63) is 83.6 Å². The molecule has 0 unspecified atom stereocenters. The van der Waals surface area contributed by atoms with Crippen molar-refractivity contribution in [2.24, 2.45) is 0 Å². The van der Waals surface area contributed by atoms with Gasteiger partial charge in [-0.25, -0.2) is 9.67 Å². The summed E-state index contributed by atoms with van der Waals surface area (Å²) in [6.07, 6.45) is 0. The third-order valence-electron chi connectivity index (χ3n) is 4.61. The Morgan fingerprint density at radius 1 is 1.03 bits per heavy atom. The van der Waals surface area contributed by atoms with Gasteiger partial charge in [-0.15, -0.1) is 5.10 Å². The van der Waals surface area contributed by atoms with Crippen LogP contribution in [0.5, 0.6) is 11.5 Å². The minimum atomic E-state index is -0.439. The molecule has 8 heteroatoms. The van der Waals surface area contributed by atoms with Gasteiger partial charge in [-0.1, -0.05) is 29.8 Å². The van der Waals surface area contributed by atoms with Crippen molar-refractivity contribution in [2.45, 2.75) is 6.92 Å². The van der Waals surface area contributed by atoms with Gasteiger partial charge in [0.1, 0.15) is 11.5 Å². The van der Waals surface area contributed by atoms with Gasteiger partial charge >= 0.3 is 0 Å². The Hall–Kier alpha value is -3.84. The van der Waals surface area contributed by atoms with Crippen LogP contribution in [0.2, 0.25) is 5.02 Å². The highest BCUT2D eigenvalue weighted by atomic mass is 35.5. The molecule has 0 saturated carbocycles. The average Bonchev–Trinajstić information content (AvgIpc) is 3.26. The number of rotatable bonds is 7. The van der Waals surface area contributed by atoms with Gasteiger partial charge in [0.05, 0.1) is 19.4 Å². The van der Waals surface area contributed by atoms with Gasteiger partial charge in [0.2, 0.25) is 5.82 Å². The Morgan fingerprint density at radius 3 is 2.53 bits per heavy atom. The van der Waals surface area contributed by atoms with Crippen LogP contribution in [0.4, 0.5) is 5.69 Å². The summed E-state index contributed by atoms with van der Waals surface area (Å²) >= 11 is 6.19. The molecule has 7 nitrogen and oxygen atoms in total. The van der Waals surface area contributed by atoms with E-state index in [-0.39, 0.29) is 5.82 Å². The van der Waals surface area contributed by atoms with Crippen LogP contribution in [-0.4, -0.2) is 34.4 Å². The van der Waals surface area contributed by atoms with Crippen LogP contribution < -0.4 is 14.8 Å². The molecule has 1 amide bonds. The Bertz CT molecular complexity index is 1240. The number of benzene rings is 3. The molecule has 162 valence electrons. The maximum atomic E-state index is 12.9. The van der Waals surface area contributed by atoms with Gasteiger partial charge in [0, 0.05) is 22.3 Å². The fraction of sp³-hybridized carbons (Fsp3) is 0.125. The van der Waals surface area contributed by atoms with E-state index in [9.17, 15) is 4.79 Å². The zero-order valence-electron chi connectivity index (χ0n) is 17.6. The molecular weight excluding hydrogens is 428 g/mol. The fourth-order valence-corrected chi connectivity index (χ4v) is 3.33. The lowest BCUT2D eigenvalue weighted by atomic mass is 10.2. The first-order valence-electron chi connectivity index (χ1n) is 9.99. The first-order valence-corrected chi connectivity index (χ1v) is 10.4. The zero-order valence-corrected chi connectivity index (χ0v) is 18.3. The van der Waals surface area contributed by atoms with E-state index in [0.29, 0.717) is 28.9 Å². The van der Waals surface area contributed by atoms with Gasteiger partial charge < -0.3 is 14.8 Å². The van der Waals surface area contributed by atoms with Gasteiger partial charge in [0.15, 0.2) is 5.82 Å². The van der Waals surface area contributed by atoms with Crippen LogP contribution in [0.25, 0.3) is 17.1 Å². The molecule has 0 bridgehead atoms. The SMILES string of the molecule is CCOc1ccc(-n2nc(C(=O)Nc3cccc(OC)c3)nc2-c2cccc(Cl)c2)cc1. The number of amides is 1. The molecular formula is C24H21ClN4O3. The Balaban J connectivity index is 1.72. The van der Waals surface area contributed by atoms with E-state index in [1.807, 2.05) is 43.3 Å². The lowest BCUT2D eigenvalue weighted by molar-refractivity contribution is 0.101. The van der Waals surface area contributed by atoms with Gasteiger partial charge in [-0.3, -0.25) is 4.79 Å². The highest BCUT2D eigenvalue weighted by Crippen LogP contribution is 2.25. The van der Waals surface area contributed by atoms with E-state index in [2.05, 4.69) is 15.4 Å². The maximum absolute atomic E-state index is 12.9. The Labute approximate surface area is 190 Å². The molecule has 0 spiro atoms. The molecule has 0 aliphatic rings. The van der Waals surface area contributed by atoms with Crippen LogP contribution in [0.1, 0.15) is 17.5 Å². The molecule has 0 atom stereocenters. The van der Waals surface area contributed by atoms with Crippen LogP contribution in [-0.2, 0) is 0 Å². The molecule has 1 heterocycles. The van der Waals surface area contributed by atoms with Crippen LogP contribution >= 0.6 is 11.6 Å². The molecule has 0 aliphatic heterocycles. The first kappa shape index (κ1) is 21.4. The predicted molar refractivity (Wildman–Crippen MR) is 124 cm³/mol. The molecule has 4 aromatic rings. The summed E-state index contributed by atoms with van der Waals surface area (Å²) < 4.78 is 12.3. The monoisotopic (exact) mass is 448 g/mol. The number of ether oxygens (including phenoxy) is 2. The van der Waals surface area contributed by atoms with E-state index >= 15 is 0 Å². The lowest BCUT2D eigenvalue weighted by Gasteiger charge is -2.08. The Kier molecular flexibility index (Phi) is 6.37. The third-order valence-corrected chi connectivity index (χ3v) is 4.85. The lowest BCUT2D eigenvalue weighted by Crippen LogP contribution is -2.14. The molecule has 0 radical (unpaired) electrons. The molecule has 0 saturated heterocycles. The van der Waals surface area contributed by atoms with Crippen molar-refractivity contribution in [3.63, 3.8) is 0 Å². The maximum Gasteiger partial charge on any atom is 0.295 e. The molecule has 4 rings (SSSR count). The fourth-order valence-electron chi connectivity index (χ4n) is 3.14. The van der Waals surface area contributed by atoms with Gasteiger partial charge in [-0.05, 0) is 55.5 Å². The van der Waals surface area contributed by atoms with Crippen molar-refractivity contribution in [1.29, 1.82) is 0 Å². The van der Waals surface area contributed by atoms with Crippen molar-refractivity contribution < 1.29 is 14.3 Å². The second-order valence-corrected chi connectivity index (χ2v) is 7.23. The van der Waals surface area contributed by atoms with Crippen molar-refractivity contribution in [2.75, 3.05) is 19.0 Å². The molecule has 1 N–H and O–H groups in total. The number of carbonyl (C=O) groups is 1. The van der Waals surface area contributed by atoms with Gasteiger partial charge in [0.25, 0.3) is 5.91 Å². The van der Waals surface area contributed by atoms with Crippen molar-refractivity contribution >= 4 is 23.2 Å². The number of aromatic nitrogens is 3. The normalized spacial score (nSPS) is 10.6. The number of carbonyl (C=O) groups excluding carboxylic acids is 1. The highest BCUT2D eigenvalue weighted by molar-refractivity contribution is 6.30. The average molecular weight is 449 g/mol. The topological polar surface area (TPSA) is 78.3 Å². The van der Waals surface area contributed by atoms with E-state index in [4.69, 9.17) is 21.1 Å². The minimum Gasteiger partial charge on any atom is -0.497 e. The zero-order chi connectivity index (χ0) is 22.5. The summed E-state index contributed by atoms with van der Waals surface area (Å²) in [5.41, 5.74) is 2.05. The van der Waals surface area contributed by atoms with E-state index in [1.165, 1.54) is 0 Å². The number of anilines is 1. The van der Waals surface area contributed by atoms with Crippen LogP contribution in [0.15, 0.2) is 72.8 Å². The number of nitrogens with zero attached hydrogens (tertiary/aromatic N) is 3. The van der Waals surface area contributed by atoms with Crippen LogP contribution in [0.3, 0.4) is 0 Å². The molecule has 0 fully saturated rings. The van der Waals surface area contributed by atoms with Crippen molar-refractivity contribution in [3.8, 4) is 28.6 Å². The summed E-state index contributed by atoms with van der Waals surface area (Å²) in [6, 6.07) is 21.7. The quantitative estimate of drug-likeness (QED) is 0.418. The summed E-state index contributed by atoms with van der Waals surface area (Å²) in [5.74, 6) is 1.46. The predicted octanol–water partition coefficient (Wildman–Crippen LogP) is 5.25. The number of nitrogens with one attached hydrogen (secondary N) is 1. The van der Waals surface area contributed by atoms with Gasteiger partial charge in [-0.2, -0.15) is 0 Å². The minimum absolute atomic E-state index is 0.0247. The molecule has 32 heavy (non-hydrogen) atoms. The second kappa shape index (κ2) is 9.53. The summed E-state index contributed by atoms with van der Waals surface area (Å²) in [6.45, 7) is 2.50. The van der Waals surface area contributed by atoms with E-state index in [1.54, 1.807) is 48.2 Å². The molecule has 0 aliphatic carbocycles. The summed E-state index contributed by atoms with van der Waals surface area (Å²) in [5, 5.41) is 7.85. The Morgan fingerprint density at radius 2 is 1.81 bits per heavy atom. The highest BCUT2D eigenvalue weighted by Gasteiger charge is 2.19. The standard InChI is InChI=1S/C24H21ClN4O3/c1-3-32-20-12-10-19(11-13-20)29-23(16-6-4-7-17(25)14-16)27-22(28-29)24(30)26-18-8-5-9-21(15-18)31-2/h4-15H,3H2,1-2H3,(H,26,30).